The first-order chi connectivity index (χ1) is 19.2. The van der Waals surface area contributed by atoms with Crippen molar-refractivity contribution in [3.8, 4) is 33.9 Å². The van der Waals surface area contributed by atoms with Gasteiger partial charge in [0.2, 0.25) is 5.91 Å². The van der Waals surface area contributed by atoms with Gasteiger partial charge in [0.25, 0.3) is 0 Å². The molecule has 192 valence electrons. The van der Waals surface area contributed by atoms with Gasteiger partial charge in [0.05, 0.1) is 40.0 Å². The highest BCUT2D eigenvalue weighted by molar-refractivity contribution is 5.98. The molecule has 1 aliphatic carbocycles. The van der Waals surface area contributed by atoms with Crippen molar-refractivity contribution in [3.05, 3.63) is 73.2 Å². The Morgan fingerprint density at radius 1 is 0.949 bits per heavy atom. The third-order valence-electron chi connectivity index (χ3n) is 7.26. The molecule has 0 spiro atoms. The van der Waals surface area contributed by atoms with E-state index in [4.69, 9.17) is 4.98 Å². The number of carbonyl (C=O) groups excluding carboxylic acids is 1. The molecule has 6 aromatic rings. The minimum absolute atomic E-state index is 0.0100. The number of hydrogen-bond acceptors (Lipinski definition) is 6. The normalized spacial score (nSPS) is 13.9. The van der Waals surface area contributed by atoms with E-state index in [0.717, 1.165) is 47.8 Å². The minimum Gasteiger partial charge on any atom is -0.337 e. The second-order valence-corrected chi connectivity index (χ2v) is 9.74. The molecule has 10 heteroatoms. The summed E-state index contributed by atoms with van der Waals surface area (Å²) in [6, 6.07) is 11.4. The zero-order valence-electron chi connectivity index (χ0n) is 20.8. The van der Waals surface area contributed by atoms with Crippen LogP contribution >= 0.6 is 0 Å². The molecule has 0 bridgehead atoms. The van der Waals surface area contributed by atoms with Crippen LogP contribution in [0.3, 0.4) is 0 Å². The van der Waals surface area contributed by atoms with E-state index in [9.17, 15) is 4.79 Å². The number of hydrogen-bond donors (Lipinski definition) is 3. The number of benzene rings is 1. The number of para-hydroxylation sites is 1. The molecule has 5 heterocycles. The topological polar surface area (TPSA) is 125 Å². The van der Waals surface area contributed by atoms with Crippen LogP contribution < -0.4 is 5.32 Å². The largest absolute Gasteiger partial charge is 0.337 e. The summed E-state index contributed by atoms with van der Waals surface area (Å²) in [4.78, 5) is 33.5. The fourth-order valence-electron chi connectivity index (χ4n) is 5.32. The fourth-order valence-corrected chi connectivity index (χ4v) is 5.32. The lowest BCUT2D eigenvalue weighted by molar-refractivity contribution is -0.119. The Bertz CT molecular complexity index is 1840. The average Bonchev–Trinajstić information content (AvgIpc) is 3.73. The highest BCUT2D eigenvalue weighted by Gasteiger charge is 2.24. The molecule has 1 aromatic carbocycles. The van der Waals surface area contributed by atoms with Crippen LogP contribution in [-0.2, 0) is 4.79 Å². The number of halogens is 1. The number of pyridine rings is 3. The number of fused-ring (bicyclic) bond motifs is 2. The van der Waals surface area contributed by atoms with Gasteiger partial charge in [-0.1, -0.05) is 31.0 Å². The van der Waals surface area contributed by atoms with Gasteiger partial charge in [0, 0.05) is 41.2 Å². The average molecular weight is 519 g/mol. The summed E-state index contributed by atoms with van der Waals surface area (Å²) in [7, 11) is 0. The number of carbonyl (C=O) groups is 1. The van der Waals surface area contributed by atoms with Crippen LogP contribution in [0, 0.1) is 11.7 Å². The molecular formula is C29H23FN8O. The molecular weight excluding hydrogens is 495 g/mol. The van der Waals surface area contributed by atoms with E-state index in [2.05, 4.69) is 35.5 Å². The second kappa shape index (κ2) is 9.39. The highest BCUT2D eigenvalue weighted by atomic mass is 19.1. The van der Waals surface area contributed by atoms with Gasteiger partial charge < -0.3 is 10.3 Å². The number of amides is 1. The van der Waals surface area contributed by atoms with Gasteiger partial charge in [-0.2, -0.15) is 5.10 Å². The minimum atomic E-state index is -0.551. The van der Waals surface area contributed by atoms with Crippen molar-refractivity contribution < 1.29 is 9.18 Å². The fraction of sp³-hybridized carbons (Fsp3) is 0.172. The molecule has 5 aromatic heterocycles. The van der Waals surface area contributed by atoms with E-state index in [1.54, 1.807) is 24.7 Å². The molecule has 39 heavy (non-hydrogen) atoms. The Labute approximate surface area is 222 Å². The van der Waals surface area contributed by atoms with Crippen molar-refractivity contribution in [2.45, 2.75) is 25.7 Å². The van der Waals surface area contributed by atoms with Crippen LogP contribution in [0.4, 0.5) is 10.1 Å². The Hall–Kier alpha value is -4.99. The number of imidazole rings is 1. The van der Waals surface area contributed by atoms with Gasteiger partial charge in [0.15, 0.2) is 11.6 Å². The summed E-state index contributed by atoms with van der Waals surface area (Å²) in [6.45, 7) is 0. The molecule has 0 aliphatic heterocycles. The molecule has 0 radical (unpaired) electrons. The predicted octanol–water partition coefficient (Wildman–Crippen LogP) is 5.89. The molecule has 0 unspecified atom stereocenters. The smallest absolute Gasteiger partial charge is 0.227 e. The zero-order chi connectivity index (χ0) is 26.3. The SMILES string of the molecule is O=C(Nc1cncc(-c2ncc3[nH]nc(-c4nc5c(-c6cccnc6)cccc5[nH]4)c3c2F)c1)C1CCCC1. The van der Waals surface area contributed by atoms with E-state index in [1.807, 2.05) is 30.3 Å². The van der Waals surface area contributed by atoms with E-state index >= 15 is 4.39 Å². The van der Waals surface area contributed by atoms with E-state index < -0.39 is 5.82 Å². The Balaban J connectivity index is 1.28. The standard InChI is InChI=1S/C29H23FN8O/c30-24-23-22(15-33-25(24)18-11-19(14-32-13-18)34-29(39)16-5-1-2-6-16)37-38-27(23)28-35-21-9-3-8-20(26(21)36-28)17-7-4-10-31-12-17/h3-4,7-16H,1-2,5-6H2,(H,34,39)(H,35,36)(H,37,38). The maximum absolute atomic E-state index is 16.1. The zero-order valence-corrected chi connectivity index (χ0v) is 20.8. The number of aromatic amines is 2. The van der Waals surface area contributed by atoms with Gasteiger partial charge in [-0.05, 0) is 31.0 Å². The van der Waals surface area contributed by atoms with Crippen LogP contribution in [0.5, 0.6) is 0 Å². The number of aromatic nitrogens is 7. The third kappa shape index (κ3) is 4.10. The van der Waals surface area contributed by atoms with Gasteiger partial charge in [-0.25, -0.2) is 9.37 Å². The molecule has 1 fully saturated rings. The highest BCUT2D eigenvalue weighted by Crippen LogP contribution is 2.35. The lowest BCUT2D eigenvalue weighted by Crippen LogP contribution is -2.20. The van der Waals surface area contributed by atoms with Crippen LogP contribution in [0.2, 0.25) is 0 Å². The summed E-state index contributed by atoms with van der Waals surface area (Å²) in [5.41, 5.74) is 5.24. The Morgan fingerprint density at radius 2 is 1.82 bits per heavy atom. The van der Waals surface area contributed by atoms with Gasteiger partial charge in [-0.3, -0.25) is 24.8 Å². The number of anilines is 1. The van der Waals surface area contributed by atoms with Crippen molar-refractivity contribution in [2.75, 3.05) is 5.32 Å². The summed E-state index contributed by atoms with van der Waals surface area (Å²) in [5, 5.41) is 10.4. The first-order valence-electron chi connectivity index (χ1n) is 12.8. The maximum atomic E-state index is 16.1. The van der Waals surface area contributed by atoms with E-state index in [1.165, 1.54) is 12.4 Å². The molecule has 0 atom stereocenters. The quantitative estimate of drug-likeness (QED) is 0.261. The molecule has 1 amide bonds. The summed E-state index contributed by atoms with van der Waals surface area (Å²) < 4.78 is 16.1. The number of nitrogens with one attached hydrogen (secondary N) is 3. The monoisotopic (exact) mass is 518 g/mol. The predicted molar refractivity (Wildman–Crippen MR) is 146 cm³/mol. The van der Waals surface area contributed by atoms with Crippen LogP contribution in [0.1, 0.15) is 25.7 Å². The maximum Gasteiger partial charge on any atom is 0.227 e. The summed E-state index contributed by atoms with van der Waals surface area (Å²) >= 11 is 0. The summed E-state index contributed by atoms with van der Waals surface area (Å²) in [5.74, 6) is -0.136. The van der Waals surface area contributed by atoms with Crippen molar-refractivity contribution in [3.63, 3.8) is 0 Å². The van der Waals surface area contributed by atoms with Crippen LogP contribution in [-0.4, -0.2) is 41.0 Å². The number of rotatable bonds is 5. The lowest BCUT2D eigenvalue weighted by atomic mass is 10.1. The van der Waals surface area contributed by atoms with E-state index in [-0.39, 0.29) is 22.9 Å². The first-order valence-corrected chi connectivity index (χ1v) is 12.8. The number of nitrogens with zero attached hydrogens (tertiary/aromatic N) is 5. The van der Waals surface area contributed by atoms with E-state index in [0.29, 0.717) is 28.3 Å². The van der Waals surface area contributed by atoms with Gasteiger partial charge in [-0.15, -0.1) is 0 Å². The molecule has 9 nitrogen and oxygen atoms in total. The molecule has 1 aliphatic rings. The lowest BCUT2D eigenvalue weighted by Gasteiger charge is -2.11. The number of H-pyrrole nitrogens is 2. The van der Waals surface area contributed by atoms with Crippen molar-refractivity contribution >= 4 is 33.5 Å². The van der Waals surface area contributed by atoms with Crippen LogP contribution in [0.15, 0.2) is 67.4 Å². The molecule has 1 saturated carbocycles. The first kappa shape index (κ1) is 23.2. The molecule has 0 saturated heterocycles. The van der Waals surface area contributed by atoms with Crippen molar-refractivity contribution in [2.24, 2.45) is 5.92 Å². The van der Waals surface area contributed by atoms with Crippen molar-refractivity contribution in [1.82, 2.24) is 35.1 Å². The molecule has 7 rings (SSSR count). The Morgan fingerprint density at radius 3 is 2.67 bits per heavy atom. The summed E-state index contributed by atoms with van der Waals surface area (Å²) in [6.07, 6.45) is 12.0. The van der Waals surface area contributed by atoms with Crippen LogP contribution in [0.25, 0.3) is 55.8 Å². The van der Waals surface area contributed by atoms with Crippen molar-refractivity contribution in [1.29, 1.82) is 0 Å². The van der Waals surface area contributed by atoms with Gasteiger partial charge in [0.1, 0.15) is 11.4 Å². The third-order valence-corrected chi connectivity index (χ3v) is 7.26. The van der Waals surface area contributed by atoms with Gasteiger partial charge >= 0.3 is 0 Å². The second-order valence-electron chi connectivity index (χ2n) is 9.74. The Kier molecular flexibility index (Phi) is 5.58. The molecule has 3 N–H and O–H groups in total.